The summed E-state index contributed by atoms with van der Waals surface area (Å²) in [5.74, 6) is 1.41. The number of benzene rings is 2. The average Bonchev–Trinajstić information content (AvgIpc) is 3.27. The van der Waals surface area contributed by atoms with Gasteiger partial charge in [-0.2, -0.15) is 5.10 Å². The van der Waals surface area contributed by atoms with Crippen LogP contribution in [0, 0.1) is 5.92 Å². The smallest absolute Gasteiger partial charge is 0.228 e. The lowest BCUT2D eigenvalue weighted by molar-refractivity contribution is -0.117. The van der Waals surface area contributed by atoms with Crippen molar-refractivity contribution in [3.8, 4) is 5.69 Å². The van der Waals surface area contributed by atoms with Gasteiger partial charge in [-0.3, -0.25) is 4.79 Å². The van der Waals surface area contributed by atoms with Gasteiger partial charge in [0.1, 0.15) is 11.3 Å². The summed E-state index contributed by atoms with van der Waals surface area (Å²) < 4.78 is 1.91. The number of nitrogen functional groups attached to an aromatic ring is 1. The van der Waals surface area contributed by atoms with Crippen molar-refractivity contribution in [3.63, 3.8) is 0 Å². The van der Waals surface area contributed by atoms with Gasteiger partial charge >= 0.3 is 0 Å². The van der Waals surface area contributed by atoms with E-state index in [4.69, 9.17) is 10.8 Å². The zero-order valence-corrected chi connectivity index (χ0v) is 18.4. The molecule has 2 heterocycles. The zero-order valence-electron chi connectivity index (χ0n) is 18.4. The van der Waals surface area contributed by atoms with Crippen LogP contribution in [0.15, 0.2) is 66.9 Å². The standard InChI is InChI=1S/C27H27N5O/c28-26-25-21(14-15-29-26)24(18-8-4-5-9-18)31-32(25)20-12-10-19(11-13-20)30-27(33)23-16-22(23)17-6-2-1-3-7-17/h1-3,6-7,10-15,18,22-23H,4-5,8-9,16H2,(H2,28,29)(H,30,33)/t22-,23+/m0/s1. The molecule has 0 saturated heterocycles. The number of anilines is 2. The van der Waals surface area contributed by atoms with Gasteiger partial charge in [0.2, 0.25) is 5.91 Å². The Morgan fingerprint density at radius 2 is 1.76 bits per heavy atom. The van der Waals surface area contributed by atoms with E-state index < -0.39 is 0 Å². The van der Waals surface area contributed by atoms with Crippen molar-refractivity contribution < 1.29 is 4.79 Å². The predicted octanol–water partition coefficient (Wildman–Crippen LogP) is 5.40. The molecule has 2 aromatic heterocycles. The Morgan fingerprint density at radius 3 is 2.52 bits per heavy atom. The van der Waals surface area contributed by atoms with E-state index in [1.54, 1.807) is 6.20 Å². The lowest BCUT2D eigenvalue weighted by Gasteiger charge is -2.08. The summed E-state index contributed by atoms with van der Waals surface area (Å²) in [6.07, 6.45) is 7.51. The summed E-state index contributed by atoms with van der Waals surface area (Å²) in [6, 6.07) is 20.1. The van der Waals surface area contributed by atoms with Crippen molar-refractivity contribution in [2.45, 2.75) is 43.9 Å². The van der Waals surface area contributed by atoms with E-state index >= 15 is 0 Å². The molecular formula is C27H27N5O. The van der Waals surface area contributed by atoms with E-state index in [-0.39, 0.29) is 11.8 Å². The first-order valence-electron chi connectivity index (χ1n) is 11.8. The molecule has 4 aromatic rings. The first kappa shape index (κ1) is 20.0. The number of hydrogen-bond donors (Lipinski definition) is 2. The molecule has 3 N–H and O–H groups in total. The lowest BCUT2D eigenvalue weighted by Crippen LogP contribution is -2.14. The first-order chi connectivity index (χ1) is 16.2. The molecule has 6 nitrogen and oxygen atoms in total. The highest BCUT2D eigenvalue weighted by atomic mass is 16.2. The number of hydrogen-bond acceptors (Lipinski definition) is 4. The fourth-order valence-electron chi connectivity index (χ4n) is 5.27. The summed E-state index contributed by atoms with van der Waals surface area (Å²) in [4.78, 5) is 17.0. The highest BCUT2D eigenvalue weighted by Gasteiger charge is 2.43. The van der Waals surface area contributed by atoms with Crippen molar-refractivity contribution in [1.29, 1.82) is 0 Å². The van der Waals surface area contributed by atoms with E-state index in [0.29, 0.717) is 17.7 Å². The molecule has 6 rings (SSSR count). The molecule has 2 saturated carbocycles. The normalized spacial score (nSPS) is 20.2. The number of fused-ring (bicyclic) bond motifs is 1. The van der Waals surface area contributed by atoms with Gasteiger partial charge in [0, 0.05) is 29.1 Å². The number of nitrogens with two attached hydrogens (primary N) is 1. The molecule has 6 heteroatoms. The number of pyridine rings is 1. The maximum Gasteiger partial charge on any atom is 0.228 e. The lowest BCUT2D eigenvalue weighted by atomic mass is 10.0. The van der Waals surface area contributed by atoms with Crippen LogP contribution >= 0.6 is 0 Å². The number of carbonyl (C=O) groups excluding carboxylic acids is 1. The number of nitrogens with zero attached hydrogens (tertiary/aromatic N) is 3. The van der Waals surface area contributed by atoms with Gasteiger partial charge in [-0.1, -0.05) is 43.2 Å². The Kier molecular flexibility index (Phi) is 4.86. The van der Waals surface area contributed by atoms with Crippen LogP contribution in [-0.4, -0.2) is 20.7 Å². The Balaban J connectivity index is 1.23. The summed E-state index contributed by atoms with van der Waals surface area (Å²) >= 11 is 0. The summed E-state index contributed by atoms with van der Waals surface area (Å²) in [6.45, 7) is 0. The molecule has 2 aromatic carbocycles. The fourth-order valence-corrected chi connectivity index (χ4v) is 5.27. The molecular weight excluding hydrogens is 410 g/mol. The monoisotopic (exact) mass is 437 g/mol. The molecule has 2 aliphatic carbocycles. The predicted molar refractivity (Wildman–Crippen MR) is 130 cm³/mol. The Bertz CT molecular complexity index is 1310. The molecule has 0 spiro atoms. The molecule has 0 bridgehead atoms. The quantitative estimate of drug-likeness (QED) is 0.438. The minimum Gasteiger partial charge on any atom is -0.382 e. The first-order valence-corrected chi connectivity index (χ1v) is 11.8. The number of aromatic nitrogens is 3. The number of carbonyl (C=O) groups is 1. The molecule has 0 radical (unpaired) electrons. The van der Waals surface area contributed by atoms with Crippen LogP contribution in [0.3, 0.4) is 0 Å². The van der Waals surface area contributed by atoms with Gasteiger partial charge in [0.15, 0.2) is 0 Å². The molecule has 33 heavy (non-hydrogen) atoms. The van der Waals surface area contributed by atoms with Crippen LogP contribution in [0.1, 0.15) is 55.2 Å². The van der Waals surface area contributed by atoms with Crippen LogP contribution in [-0.2, 0) is 4.79 Å². The van der Waals surface area contributed by atoms with Crippen molar-refractivity contribution in [2.24, 2.45) is 5.92 Å². The van der Waals surface area contributed by atoms with Crippen molar-refractivity contribution in [2.75, 3.05) is 11.1 Å². The molecule has 2 fully saturated rings. The van der Waals surface area contributed by atoms with E-state index in [2.05, 4.69) is 22.4 Å². The molecule has 2 aliphatic rings. The van der Waals surface area contributed by atoms with E-state index in [0.717, 1.165) is 34.4 Å². The second kappa shape index (κ2) is 8.03. The molecule has 0 aliphatic heterocycles. The second-order valence-electron chi connectivity index (χ2n) is 9.27. The minimum atomic E-state index is 0.0435. The Labute approximate surface area is 192 Å². The maximum atomic E-state index is 12.7. The van der Waals surface area contributed by atoms with Gasteiger partial charge in [-0.15, -0.1) is 0 Å². The second-order valence-corrected chi connectivity index (χ2v) is 9.27. The van der Waals surface area contributed by atoms with Gasteiger partial charge in [0.05, 0.1) is 11.4 Å². The molecule has 2 atom stereocenters. The zero-order chi connectivity index (χ0) is 22.4. The molecule has 166 valence electrons. The van der Waals surface area contributed by atoms with E-state index in [1.165, 1.54) is 31.2 Å². The average molecular weight is 438 g/mol. The van der Waals surface area contributed by atoms with Crippen molar-refractivity contribution >= 4 is 28.3 Å². The SMILES string of the molecule is Nc1nccc2c(C3CCCC3)nn(-c3ccc(NC(=O)[C@@H]4C[C@H]4c4ccccc4)cc3)c12. The third-order valence-corrected chi connectivity index (χ3v) is 7.12. The highest BCUT2D eigenvalue weighted by Crippen LogP contribution is 2.48. The number of rotatable bonds is 5. The van der Waals surface area contributed by atoms with Crippen LogP contribution in [0.5, 0.6) is 0 Å². The highest BCUT2D eigenvalue weighted by molar-refractivity contribution is 5.95. The van der Waals surface area contributed by atoms with Crippen LogP contribution < -0.4 is 11.1 Å². The van der Waals surface area contributed by atoms with Gasteiger partial charge in [-0.25, -0.2) is 9.67 Å². The van der Waals surface area contributed by atoms with Crippen LogP contribution in [0.2, 0.25) is 0 Å². The summed E-state index contributed by atoms with van der Waals surface area (Å²) in [5.41, 5.74) is 11.2. The van der Waals surface area contributed by atoms with E-state index in [9.17, 15) is 4.79 Å². The van der Waals surface area contributed by atoms with Crippen LogP contribution in [0.4, 0.5) is 11.5 Å². The van der Waals surface area contributed by atoms with E-state index in [1.807, 2.05) is 53.2 Å². The van der Waals surface area contributed by atoms with Crippen molar-refractivity contribution in [1.82, 2.24) is 14.8 Å². The third-order valence-electron chi connectivity index (χ3n) is 7.12. The van der Waals surface area contributed by atoms with Gasteiger partial charge in [0.25, 0.3) is 0 Å². The molecule has 0 unspecified atom stereocenters. The largest absolute Gasteiger partial charge is 0.382 e. The Hall–Kier alpha value is -3.67. The third kappa shape index (κ3) is 3.65. The summed E-state index contributed by atoms with van der Waals surface area (Å²) in [5, 5.41) is 9.15. The number of nitrogens with one attached hydrogen (secondary N) is 1. The summed E-state index contributed by atoms with van der Waals surface area (Å²) in [7, 11) is 0. The minimum absolute atomic E-state index is 0.0435. The topological polar surface area (TPSA) is 85.8 Å². The fraction of sp³-hybridized carbons (Fsp3) is 0.296. The molecule has 1 amide bonds. The van der Waals surface area contributed by atoms with Gasteiger partial charge < -0.3 is 11.1 Å². The maximum absolute atomic E-state index is 12.7. The van der Waals surface area contributed by atoms with Gasteiger partial charge in [-0.05, 0) is 61.1 Å². The van der Waals surface area contributed by atoms with Crippen molar-refractivity contribution in [3.05, 3.63) is 78.1 Å². The Morgan fingerprint density at radius 1 is 1.00 bits per heavy atom. The number of amides is 1. The van der Waals surface area contributed by atoms with Crippen LogP contribution in [0.25, 0.3) is 16.6 Å².